The molecule has 6 heteroatoms. The van der Waals surface area contributed by atoms with Crippen LogP contribution in [0.1, 0.15) is 0 Å². The minimum absolute atomic E-state index is 0.0765. The van der Waals surface area contributed by atoms with E-state index in [9.17, 15) is 9.90 Å². The van der Waals surface area contributed by atoms with Crippen molar-refractivity contribution in [2.75, 3.05) is 38.5 Å². The number of nitrogens with zero attached hydrogens (tertiary/aromatic N) is 3. The highest BCUT2D eigenvalue weighted by Gasteiger charge is 2.21. The van der Waals surface area contributed by atoms with Crippen molar-refractivity contribution in [1.29, 1.82) is 5.26 Å². The predicted molar refractivity (Wildman–Crippen MR) is 79.5 cm³/mol. The zero-order valence-electron chi connectivity index (χ0n) is 11.9. The zero-order chi connectivity index (χ0) is 15.2. The molecule has 1 aliphatic rings. The summed E-state index contributed by atoms with van der Waals surface area (Å²) in [5, 5.41) is 21.2. The van der Waals surface area contributed by atoms with E-state index in [2.05, 4.69) is 10.2 Å². The molecule has 1 aromatic carbocycles. The average Bonchev–Trinajstić information content (AvgIpc) is 2.50. The average molecular weight is 286 g/mol. The number of aromatic hydroxyl groups is 1. The van der Waals surface area contributed by atoms with Gasteiger partial charge in [-0.25, -0.2) is 0 Å². The van der Waals surface area contributed by atoms with E-state index >= 15 is 0 Å². The number of phenolic OH excluding ortho intramolecular Hbond substituents is 1. The fourth-order valence-electron chi connectivity index (χ4n) is 2.03. The van der Waals surface area contributed by atoms with Gasteiger partial charge in [0.25, 0.3) is 5.91 Å². The van der Waals surface area contributed by atoms with Crippen LogP contribution < -0.4 is 5.32 Å². The van der Waals surface area contributed by atoms with Crippen molar-refractivity contribution in [1.82, 2.24) is 9.80 Å². The minimum Gasteiger partial charge on any atom is -0.508 e. The van der Waals surface area contributed by atoms with Gasteiger partial charge in [0, 0.05) is 38.1 Å². The van der Waals surface area contributed by atoms with E-state index in [1.807, 2.05) is 13.1 Å². The van der Waals surface area contributed by atoms with Gasteiger partial charge >= 0.3 is 0 Å². The van der Waals surface area contributed by atoms with E-state index in [0.29, 0.717) is 18.8 Å². The lowest BCUT2D eigenvalue weighted by Crippen LogP contribution is -2.47. The summed E-state index contributed by atoms with van der Waals surface area (Å²) in [7, 11) is 2.01. The number of likely N-dealkylation sites (N-methyl/N-ethyl adjacent to an activating group) is 1. The minimum atomic E-state index is -0.253. The molecule has 6 nitrogen and oxygen atoms in total. The van der Waals surface area contributed by atoms with Crippen LogP contribution in [0.5, 0.6) is 5.75 Å². The number of nitriles is 1. The van der Waals surface area contributed by atoms with Gasteiger partial charge < -0.3 is 20.2 Å². The molecule has 1 fully saturated rings. The SMILES string of the molecule is CN1CCN(C(=O)/C(C#N)=C\Nc2ccc(O)cc2)CC1. The fraction of sp³-hybridized carbons (Fsp3) is 0.333. The summed E-state index contributed by atoms with van der Waals surface area (Å²) in [5.74, 6) is -0.0876. The molecule has 1 aromatic rings. The molecule has 0 aliphatic carbocycles. The van der Waals surface area contributed by atoms with Gasteiger partial charge in [-0.1, -0.05) is 0 Å². The first-order valence-corrected chi connectivity index (χ1v) is 6.74. The molecule has 0 unspecified atom stereocenters. The smallest absolute Gasteiger partial charge is 0.266 e. The Kier molecular flexibility index (Phi) is 4.80. The summed E-state index contributed by atoms with van der Waals surface area (Å²) >= 11 is 0. The van der Waals surface area contributed by atoms with Crippen molar-refractivity contribution >= 4 is 11.6 Å². The van der Waals surface area contributed by atoms with Crippen LogP contribution in [0, 0.1) is 11.3 Å². The zero-order valence-corrected chi connectivity index (χ0v) is 11.9. The predicted octanol–water partition coefficient (Wildman–Crippen LogP) is 0.986. The summed E-state index contributed by atoms with van der Waals surface area (Å²) in [6.45, 7) is 2.90. The Morgan fingerprint density at radius 2 is 1.90 bits per heavy atom. The van der Waals surface area contributed by atoms with Crippen molar-refractivity contribution in [2.45, 2.75) is 0 Å². The number of amides is 1. The molecule has 0 atom stereocenters. The summed E-state index contributed by atoms with van der Waals surface area (Å²) < 4.78 is 0. The Morgan fingerprint density at radius 3 is 2.48 bits per heavy atom. The molecule has 0 spiro atoms. The molecule has 1 saturated heterocycles. The van der Waals surface area contributed by atoms with Crippen LogP contribution in [0.25, 0.3) is 0 Å². The van der Waals surface area contributed by atoms with Crippen LogP contribution in [-0.2, 0) is 4.79 Å². The topological polar surface area (TPSA) is 79.6 Å². The van der Waals surface area contributed by atoms with Gasteiger partial charge in [-0.05, 0) is 31.3 Å². The monoisotopic (exact) mass is 286 g/mol. The van der Waals surface area contributed by atoms with E-state index in [-0.39, 0.29) is 17.2 Å². The molecular weight excluding hydrogens is 268 g/mol. The van der Waals surface area contributed by atoms with E-state index in [1.165, 1.54) is 18.3 Å². The molecule has 2 N–H and O–H groups in total. The second-order valence-electron chi connectivity index (χ2n) is 4.96. The molecule has 0 aromatic heterocycles. The highest BCUT2D eigenvalue weighted by molar-refractivity contribution is 5.97. The maximum absolute atomic E-state index is 12.2. The number of piperazine rings is 1. The fourth-order valence-corrected chi connectivity index (χ4v) is 2.03. The van der Waals surface area contributed by atoms with Crippen molar-refractivity contribution in [3.05, 3.63) is 36.0 Å². The number of rotatable bonds is 3. The molecule has 1 amide bonds. The Bertz CT molecular complexity index is 566. The van der Waals surface area contributed by atoms with Gasteiger partial charge in [0.1, 0.15) is 17.4 Å². The number of phenols is 1. The largest absolute Gasteiger partial charge is 0.508 e. The Labute approximate surface area is 123 Å². The Hall–Kier alpha value is -2.52. The van der Waals surface area contributed by atoms with E-state index in [1.54, 1.807) is 17.0 Å². The van der Waals surface area contributed by atoms with E-state index in [4.69, 9.17) is 5.26 Å². The highest BCUT2D eigenvalue weighted by Crippen LogP contribution is 2.14. The third-order valence-electron chi connectivity index (χ3n) is 3.39. The summed E-state index contributed by atoms with van der Waals surface area (Å²) in [6, 6.07) is 8.34. The van der Waals surface area contributed by atoms with Gasteiger partial charge in [0.2, 0.25) is 0 Å². The first kappa shape index (κ1) is 14.9. The van der Waals surface area contributed by atoms with Crippen molar-refractivity contribution in [3.8, 4) is 11.8 Å². The molecular formula is C15H18N4O2. The maximum atomic E-state index is 12.2. The molecule has 0 radical (unpaired) electrons. The van der Waals surface area contributed by atoms with Gasteiger partial charge in [-0.15, -0.1) is 0 Å². The summed E-state index contributed by atoms with van der Waals surface area (Å²) in [6.07, 6.45) is 1.41. The first-order valence-electron chi connectivity index (χ1n) is 6.74. The number of carbonyl (C=O) groups excluding carboxylic acids is 1. The number of hydrogen-bond donors (Lipinski definition) is 2. The molecule has 0 saturated carbocycles. The van der Waals surface area contributed by atoms with Crippen LogP contribution in [0.3, 0.4) is 0 Å². The second kappa shape index (κ2) is 6.77. The molecule has 1 heterocycles. The van der Waals surface area contributed by atoms with Gasteiger partial charge in [-0.2, -0.15) is 5.26 Å². The third-order valence-corrected chi connectivity index (χ3v) is 3.39. The quantitative estimate of drug-likeness (QED) is 0.492. The number of carbonyl (C=O) groups is 1. The first-order chi connectivity index (χ1) is 10.1. The van der Waals surface area contributed by atoms with Crippen LogP contribution in [0.15, 0.2) is 36.0 Å². The second-order valence-corrected chi connectivity index (χ2v) is 4.96. The van der Waals surface area contributed by atoms with Gasteiger partial charge in [0.15, 0.2) is 0 Å². The molecule has 21 heavy (non-hydrogen) atoms. The van der Waals surface area contributed by atoms with Crippen molar-refractivity contribution in [3.63, 3.8) is 0 Å². The standard InChI is InChI=1S/C15H18N4O2/c1-18-6-8-19(9-7-18)15(21)12(10-16)11-17-13-2-4-14(20)5-3-13/h2-5,11,17,20H,6-9H2,1H3/b12-11-. The van der Waals surface area contributed by atoms with Crippen LogP contribution in [0.4, 0.5) is 5.69 Å². The highest BCUT2D eigenvalue weighted by atomic mass is 16.3. The molecule has 110 valence electrons. The number of nitrogens with one attached hydrogen (secondary N) is 1. The number of hydrogen-bond acceptors (Lipinski definition) is 5. The number of benzene rings is 1. The van der Waals surface area contributed by atoms with Crippen molar-refractivity contribution in [2.24, 2.45) is 0 Å². The van der Waals surface area contributed by atoms with Gasteiger partial charge in [0.05, 0.1) is 0 Å². The molecule has 0 bridgehead atoms. The summed E-state index contributed by atoms with van der Waals surface area (Å²) in [4.78, 5) is 16.1. The van der Waals surface area contributed by atoms with E-state index < -0.39 is 0 Å². The normalized spacial score (nSPS) is 16.4. The van der Waals surface area contributed by atoms with E-state index in [0.717, 1.165) is 13.1 Å². The lowest BCUT2D eigenvalue weighted by molar-refractivity contribution is -0.128. The van der Waals surface area contributed by atoms with Crippen LogP contribution >= 0.6 is 0 Å². The lowest BCUT2D eigenvalue weighted by atomic mass is 10.2. The van der Waals surface area contributed by atoms with Crippen molar-refractivity contribution < 1.29 is 9.90 Å². The molecule has 1 aliphatic heterocycles. The van der Waals surface area contributed by atoms with Crippen LogP contribution in [0.2, 0.25) is 0 Å². The third kappa shape index (κ3) is 3.97. The number of anilines is 1. The van der Waals surface area contributed by atoms with Crippen LogP contribution in [-0.4, -0.2) is 54.0 Å². The lowest BCUT2D eigenvalue weighted by Gasteiger charge is -2.32. The molecule has 2 rings (SSSR count). The Balaban J connectivity index is 2.01. The summed E-state index contributed by atoms with van der Waals surface area (Å²) in [5.41, 5.74) is 0.777. The van der Waals surface area contributed by atoms with Gasteiger partial charge in [-0.3, -0.25) is 4.79 Å². The Morgan fingerprint density at radius 1 is 1.29 bits per heavy atom. The maximum Gasteiger partial charge on any atom is 0.266 e.